The van der Waals surface area contributed by atoms with Crippen LogP contribution in [0.2, 0.25) is 0 Å². The highest BCUT2D eigenvalue weighted by Crippen LogP contribution is 2.25. The van der Waals surface area contributed by atoms with Crippen LogP contribution in [-0.4, -0.2) is 54.3 Å². The number of carbonyl (C=O) groups is 2. The molecule has 1 saturated heterocycles. The summed E-state index contributed by atoms with van der Waals surface area (Å²) in [5.74, 6) is -0.776. The zero-order valence-corrected chi connectivity index (χ0v) is 21.3. The van der Waals surface area contributed by atoms with Gasteiger partial charge in [0, 0.05) is 30.8 Å². The Morgan fingerprint density at radius 3 is 2.44 bits per heavy atom. The van der Waals surface area contributed by atoms with E-state index < -0.39 is 26.8 Å². The first kappa shape index (κ1) is 25.7. The van der Waals surface area contributed by atoms with E-state index in [0.717, 1.165) is 24.2 Å². The maximum atomic E-state index is 12.9. The van der Waals surface area contributed by atoms with E-state index in [0.29, 0.717) is 29.2 Å². The smallest absolute Gasteiger partial charge is 0.325 e. The van der Waals surface area contributed by atoms with Crippen LogP contribution in [0, 0.1) is 16.0 Å². The molecule has 1 aliphatic rings. The molecule has 0 bridgehead atoms. The lowest BCUT2D eigenvalue weighted by Gasteiger charge is -2.29. The number of benzene rings is 2. The summed E-state index contributed by atoms with van der Waals surface area (Å²) in [6.45, 7) is 2.73. The number of thiazole rings is 1. The van der Waals surface area contributed by atoms with Gasteiger partial charge in [-0.1, -0.05) is 18.3 Å². The van der Waals surface area contributed by atoms with E-state index >= 15 is 0 Å². The summed E-state index contributed by atoms with van der Waals surface area (Å²) in [5, 5.41) is 11.2. The standard InChI is InChI=1S/C23H24N4O7S2/c1-15-9-11-25(12-10-15)36(32,33)18-6-3-16(4-7-18)22(29)24-23-26(14-21(28)34-2)19-13-17(27(30)31)5-8-20(19)35-23/h3-8,13,15H,9-12,14H2,1-2H3. The molecule has 0 spiro atoms. The van der Waals surface area contributed by atoms with Crippen molar-refractivity contribution in [3.05, 3.63) is 62.9 Å². The lowest BCUT2D eigenvalue weighted by atomic mass is 10.0. The first-order chi connectivity index (χ1) is 17.1. The van der Waals surface area contributed by atoms with E-state index in [4.69, 9.17) is 4.74 Å². The van der Waals surface area contributed by atoms with E-state index in [1.807, 2.05) is 0 Å². The number of nitrogens with zero attached hydrogens (tertiary/aromatic N) is 4. The summed E-state index contributed by atoms with van der Waals surface area (Å²) in [5.41, 5.74) is 0.356. The van der Waals surface area contributed by atoms with Gasteiger partial charge in [-0.25, -0.2) is 8.42 Å². The molecule has 0 unspecified atom stereocenters. The normalized spacial score (nSPS) is 15.8. The van der Waals surface area contributed by atoms with Crippen LogP contribution in [0.15, 0.2) is 52.4 Å². The van der Waals surface area contributed by atoms with Gasteiger partial charge in [-0.05, 0) is 49.1 Å². The van der Waals surface area contributed by atoms with Gasteiger partial charge in [0.2, 0.25) is 10.0 Å². The molecule has 3 aromatic rings. The quantitative estimate of drug-likeness (QED) is 0.270. The Morgan fingerprint density at radius 2 is 1.83 bits per heavy atom. The summed E-state index contributed by atoms with van der Waals surface area (Å²) < 4.78 is 34.0. The number of aromatic nitrogens is 1. The van der Waals surface area contributed by atoms with Crippen LogP contribution < -0.4 is 4.80 Å². The van der Waals surface area contributed by atoms with Crippen molar-refractivity contribution in [2.24, 2.45) is 10.9 Å². The average Bonchev–Trinajstić information content (AvgIpc) is 3.20. The predicted molar refractivity (Wildman–Crippen MR) is 132 cm³/mol. The minimum atomic E-state index is -3.66. The third-order valence-electron chi connectivity index (χ3n) is 6.07. The molecule has 190 valence electrons. The zero-order valence-electron chi connectivity index (χ0n) is 19.6. The number of hydrogen-bond donors (Lipinski definition) is 0. The lowest BCUT2D eigenvalue weighted by Crippen LogP contribution is -2.37. The number of esters is 1. The van der Waals surface area contributed by atoms with Crippen molar-refractivity contribution >= 4 is 49.1 Å². The monoisotopic (exact) mass is 532 g/mol. The number of fused-ring (bicyclic) bond motifs is 1. The number of sulfonamides is 1. The number of hydrogen-bond acceptors (Lipinski definition) is 8. The maximum Gasteiger partial charge on any atom is 0.325 e. The summed E-state index contributed by atoms with van der Waals surface area (Å²) in [6, 6.07) is 9.72. The third-order valence-corrected chi connectivity index (χ3v) is 9.04. The van der Waals surface area contributed by atoms with Crippen molar-refractivity contribution in [2.75, 3.05) is 20.2 Å². The molecule has 0 N–H and O–H groups in total. The molecule has 1 aliphatic heterocycles. The minimum Gasteiger partial charge on any atom is -0.468 e. The number of ether oxygens (including phenoxy) is 1. The van der Waals surface area contributed by atoms with Crippen LogP contribution >= 0.6 is 11.3 Å². The second-order valence-corrected chi connectivity index (χ2v) is 11.4. The lowest BCUT2D eigenvalue weighted by molar-refractivity contribution is -0.384. The van der Waals surface area contributed by atoms with Crippen molar-refractivity contribution in [3.63, 3.8) is 0 Å². The van der Waals surface area contributed by atoms with Crippen molar-refractivity contribution in [1.29, 1.82) is 0 Å². The van der Waals surface area contributed by atoms with Gasteiger partial charge in [0.15, 0.2) is 4.80 Å². The molecule has 0 radical (unpaired) electrons. The highest BCUT2D eigenvalue weighted by Gasteiger charge is 2.28. The van der Waals surface area contributed by atoms with E-state index in [-0.39, 0.29) is 27.5 Å². The van der Waals surface area contributed by atoms with Crippen molar-refractivity contribution < 1.29 is 27.7 Å². The number of rotatable bonds is 6. The number of methoxy groups -OCH3 is 1. The van der Waals surface area contributed by atoms with Gasteiger partial charge in [0.1, 0.15) is 6.54 Å². The first-order valence-corrected chi connectivity index (χ1v) is 13.4. The molecule has 36 heavy (non-hydrogen) atoms. The fourth-order valence-electron chi connectivity index (χ4n) is 3.90. The van der Waals surface area contributed by atoms with E-state index in [2.05, 4.69) is 11.9 Å². The SMILES string of the molecule is COC(=O)Cn1c(=NC(=O)c2ccc(S(=O)(=O)N3CCC(C)CC3)cc2)sc2ccc([N+](=O)[O-])cc21. The summed E-state index contributed by atoms with van der Waals surface area (Å²) >= 11 is 1.09. The number of nitro groups is 1. The molecule has 1 fully saturated rings. The molecule has 0 saturated carbocycles. The largest absolute Gasteiger partial charge is 0.468 e. The number of piperidine rings is 1. The van der Waals surface area contributed by atoms with Gasteiger partial charge in [-0.3, -0.25) is 19.7 Å². The second-order valence-electron chi connectivity index (χ2n) is 8.48. The second kappa shape index (κ2) is 10.3. The summed E-state index contributed by atoms with van der Waals surface area (Å²) in [4.78, 5) is 39.9. The number of carbonyl (C=O) groups excluding carboxylic acids is 2. The molecule has 1 amide bonds. The molecule has 2 heterocycles. The third kappa shape index (κ3) is 5.22. The molecule has 13 heteroatoms. The topological polar surface area (TPSA) is 141 Å². The van der Waals surface area contributed by atoms with Gasteiger partial charge < -0.3 is 9.30 Å². The molecular weight excluding hydrogens is 508 g/mol. The Morgan fingerprint density at radius 1 is 1.17 bits per heavy atom. The Bertz CT molecular complexity index is 1500. The maximum absolute atomic E-state index is 12.9. The van der Waals surface area contributed by atoms with Gasteiger partial charge in [0.25, 0.3) is 11.6 Å². The summed E-state index contributed by atoms with van der Waals surface area (Å²) in [7, 11) is -2.45. The Labute approximate surface area is 210 Å². The molecule has 0 aliphatic carbocycles. The van der Waals surface area contributed by atoms with Crippen molar-refractivity contribution in [3.8, 4) is 0 Å². The molecule has 1 aromatic heterocycles. The molecule has 0 atom stereocenters. The van der Waals surface area contributed by atoms with Crippen LogP contribution in [0.25, 0.3) is 10.2 Å². The van der Waals surface area contributed by atoms with Crippen molar-refractivity contribution in [1.82, 2.24) is 8.87 Å². The van der Waals surface area contributed by atoms with E-state index in [1.165, 1.54) is 58.4 Å². The average molecular weight is 533 g/mol. The first-order valence-electron chi connectivity index (χ1n) is 11.1. The van der Waals surface area contributed by atoms with Gasteiger partial charge >= 0.3 is 5.97 Å². The molecule has 11 nitrogen and oxygen atoms in total. The van der Waals surface area contributed by atoms with Crippen LogP contribution in [0.4, 0.5) is 5.69 Å². The summed E-state index contributed by atoms with van der Waals surface area (Å²) in [6.07, 6.45) is 1.61. The Balaban J connectivity index is 1.67. The van der Waals surface area contributed by atoms with Gasteiger partial charge in [0.05, 0.1) is 27.1 Å². The number of non-ortho nitro benzene ring substituents is 1. The van der Waals surface area contributed by atoms with Gasteiger partial charge in [-0.15, -0.1) is 0 Å². The van der Waals surface area contributed by atoms with E-state index in [9.17, 15) is 28.1 Å². The minimum absolute atomic E-state index is 0.100. The fraction of sp³-hybridized carbons (Fsp3) is 0.348. The Kier molecular flexibility index (Phi) is 7.33. The molecular formula is C23H24N4O7S2. The Hall–Kier alpha value is -3.42. The van der Waals surface area contributed by atoms with Crippen LogP contribution in [0.5, 0.6) is 0 Å². The molecule has 2 aromatic carbocycles. The molecule has 4 rings (SSSR count). The van der Waals surface area contributed by atoms with Gasteiger partial charge in [-0.2, -0.15) is 9.30 Å². The zero-order chi connectivity index (χ0) is 26.0. The van der Waals surface area contributed by atoms with E-state index in [1.54, 1.807) is 0 Å². The fourth-order valence-corrected chi connectivity index (χ4v) is 6.38. The van der Waals surface area contributed by atoms with Crippen LogP contribution in [-0.2, 0) is 26.1 Å². The highest BCUT2D eigenvalue weighted by molar-refractivity contribution is 7.89. The number of nitro benzene ring substituents is 1. The van der Waals surface area contributed by atoms with Crippen LogP contribution in [0.3, 0.4) is 0 Å². The number of amides is 1. The predicted octanol–water partition coefficient (Wildman–Crippen LogP) is 2.95. The van der Waals surface area contributed by atoms with Crippen molar-refractivity contribution in [2.45, 2.75) is 31.2 Å². The highest BCUT2D eigenvalue weighted by atomic mass is 32.2. The van der Waals surface area contributed by atoms with Crippen LogP contribution in [0.1, 0.15) is 30.1 Å².